The Hall–Kier alpha value is -8.90. The van der Waals surface area contributed by atoms with E-state index in [4.69, 9.17) is 9.97 Å². The molecule has 0 aliphatic carbocycles. The molecule has 0 bridgehead atoms. The summed E-state index contributed by atoms with van der Waals surface area (Å²) in [5.41, 5.74) is 10.0. The van der Waals surface area contributed by atoms with Crippen molar-refractivity contribution in [2.45, 2.75) is 0 Å². The summed E-state index contributed by atoms with van der Waals surface area (Å²) in [6.45, 7) is 0. The van der Waals surface area contributed by atoms with E-state index in [0.717, 1.165) is 39.3 Å². The molecule has 10 aromatic carbocycles. The minimum atomic E-state index is -2.88. The molecule has 0 spiro atoms. The van der Waals surface area contributed by atoms with Crippen molar-refractivity contribution in [1.82, 2.24) is 19.1 Å². The zero-order valence-corrected chi connectivity index (χ0v) is 38.7. The van der Waals surface area contributed by atoms with E-state index in [-0.39, 0.29) is 0 Å². The van der Waals surface area contributed by atoms with Crippen LogP contribution in [0.2, 0.25) is 0 Å². The molecule has 0 amide bonds. The summed E-state index contributed by atoms with van der Waals surface area (Å²) in [6, 6.07) is 96.8. The second kappa shape index (κ2) is 16.8. The average molecular weight is 897 g/mol. The lowest BCUT2D eigenvalue weighted by atomic mass is 10.0. The van der Waals surface area contributed by atoms with Gasteiger partial charge < -0.3 is 0 Å². The highest BCUT2D eigenvalue weighted by molar-refractivity contribution is 7.19. The SMILES string of the molecule is c1ccc(-c2ccc3c(c2)c2ccccc2n3-c2cc(-n3c4ccccc4c4cc(-c5ccccc5)ccc43)nc(-c3cccc([Si](c4ccccc4)(c4ccccc4)c4ccccc4)c3)n2)cc1. The van der Waals surface area contributed by atoms with Crippen molar-refractivity contribution in [3.8, 4) is 45.3 Å². The van der Waals surface area contributed by atoms with Gasteiger partial charge in [-0.05, 0) is 79.4 Å². The molecule has 0 saturated heterocycles. The number of rotatable bonds is 9. The summed E-state index contributed by atoms with van der Waals surface area (Å²) in [5, 5.41) is 9.89. The van der Waals surface area contributed by atoms with E-state index >= 15 is 0 Å². The van der Waals surface area contributed by atoms with Gasteiger partial charge in [0.25, 0.3) is 0 Å². The lowest BCUT2D eigenvalue weighted by molar-refractivity contribution is 0.994. The zero-order chi connectivity index (χ0) is 45.7. The first kappa shape index (κ1) is 40.4. The van der Waals surface area contributed by atoms with Crippen molar-refractivity contribution < 1.29 is 0 Å². The first-order valence-electron chi connectivity index (χ1n) is 23.6. The normalized spacial score (nSPS) is 11.8. The second-order valence-corrected chi connectivity index (χ2v) is 21.5. The minimum Gasteiger partial charge on any atom is -0.294 e. The van der Waals surface area contributed by atoms with Gasteiger partial charge in [-0.1, -0.05) is 224 Å². The fourth-order valence-electron chi connectivity index (χ4n) is 10.8. The topological polar surface area (TPSA) is 35.6 Å². The lowest BCUT2D eigenvalue weighted by Gasteiger charge is -2.34. The Kier molecular flexibility index (Phi) is 9.81. The van der Waals surface area contributed by atoms with E-state index in [0.29, 0.717) is 5.82 Å². The summed E-state index contributed by atoms with van der Waals surface area (Å²) in [6.07, 6.45) is 0. The van der Waals surface area contributed by atoms with Gasteiger partial charge in [0.2, 0.25) is 0 Å². The van der Waals surface area contributed by atoms with Crippen LogP contribution in [0.1, 0.15) is 0 Å². The first-order valence-corrected chi connectivity index (χ1v) is 25.6. The van der Waals surface area contributed by atoms with E-state index in [1.54, 1.807) is 0 Å². The summed E-state index contributed by atoms with van der Waals surface area (Å²) in [5.74, 6) is 2.24. The second-order valence-electron chi connectivity index (χ2n) is 17.7. The number of hydrogen-bond donors (Lipinski definition) is 0. The van der Waals surface area contributed by atoms with Gasteiger partial charge in [-0.25, -0.2) is 9.97 Å². The van der Waals surface area contributed by atoms with E-state index in [9.17, 15) is 0 Å². The van der Waals surface area contributed by atoms with Crippen LogP contribution in [0.3, 0.4) is 0 Å². The molecule has 324 valence electrons. The number of hydrogen-bond acceptors (Lipinski definition) is 2. The van der Waals surface area contributed by atoms with Gasteiger partial charge in [0.05, 0.1) is 22.1 Å². The molecular formula is C64H44N4Si. The van der Waals surface area contributed by atoms with Crippen LogP contribution in [0.25, 0.3) is 88.9 Å². The first-order chi connectivity index (χ1) is 34.2. The predicted molar refractivity (Wildman–Crippen MR) is 291 cm³/mol. The molecule has 13 rings (SSSR count). The van der Waals surface area contributed by atoms with Gasteiger partial charge in [0.1, 0.15) is 11.6 Å². The van der Waals surface area contributed by atoms with E-state index in [2.05, 4.69) is 276 Å². The van der Waals surface area contributed by atoms with Gasteiger partial charge in [-0.3, -0.25) is 9.13 Å². The molecule has 0 aliphatic heterocycles. The Morgan fingerprint density at radius 1 is 0.246 bits per heavy atom. The molecule has 0 atom stereocenters. The monoisotopic (exact) mass is 896 g/mol. The fraction of sp³-hybridized carbons (Fsp3) is 0. The van der Waals surface area contributed by atoms with Crippen LogP contribution < -0.4 is 20.7 Å². The maximum Gasteiger partial charge on any atom is 0.179 e. The van der Waals surface area contributed by atoms with Crippen molar-refractivity contribution in [3.05, 3.63) is 267 Å². The van der Waals surface area contributed by atoms with Crippen LogP contribution in [-0.2, 0) is 0 Å². The number of fused-ring (bicyclic) bond motifs is 6. The van der Waals surface area contributed by atoms with Crippen molar-refractivity contribution in [2.75, 3.05) is 0 Å². The van der Waals surface area contributed by atoms with Crippen LogP contribution in [0.5, 0.6) is 0 Å². The van der Waals surface area contributed by atoms with Gasteiger partial charge >= 0.3 is 0 Å². The molecule has 0 fully saturated rings. The maximum absolute atomic E-state index is 5.65. The molecule has 13 aromatic rings. The number of aromatic nitrogens is 4. The number of benzene rings is 10. The molecule has 3 heterocycles. The Balaban J connectivity index is 1.09. The minimum absolute atomic E-state index is 0.653. The van der Waals surface area contributed by atoms with Gasteiger partial charge in [0, 0.05) is 33.2 Å². The standard InChI is InChI=1S/C64H44N4Si/c1-6-21-45(22-7-1)47-37-39-60-56(42-47)54-33-16-18-35-58(54)67(60)62-44-63(68-59-36-19-17-34-55(59)57-43-48(38-40-61(57)68)46-23-8-2-9-24-46)66-64(65-62)49-25-20-32-53(41-49)69(50-26-10-3-11-27-50,51-28-12-4-13-29-51)52-30-14-5-15-31-52/h1-44H. The van der Waals surface area contributed by atoms with Gasteiger partial charge in [-0.15, -0.1) is 0 Å². The third kappa shape index (κ3) is 6.74. The van der Waals surface area contributed by atoms with Crippen LogP contribution in [-0.4, -0.2) is 27.2 Å². The molecule has 0 saturated carbocycles. The highest BCUT2D eigenvalue weighted by Crippen LogP contribution is 2.38. The van der Waals surface area contributed by atoms with Crippen LogP contribution in [0, 0.1) is 0 Å². The van der Waals surface area contributed by atoms with Gasteiger partial charge in [-0.2, -0.15) is 0 Å². The highest BCUT2D eigenvalue weighted by Gasteiger charge is 2.41. The molecule has 0 radical (unpaired) electrons. The molecule has 3 aromatic heterocycles. The predicted octanol–water partition coefficient (Wildman–Crippen LogP) is 13.0. The molecule has 0 N–H and O–H groups in total. The maximum atomic E-state index is 5.65. The van der Waals surface area contributed by atoms with E-state index in [1.807, 2.05) is 0 Å². The van der Waals surface area contributed by atoms with Crippen molar-refractivity contribution in [1.29, 1.82) is 0 Å². The summed E-state index contributed by atoms with van der Waals surface area (Å²) < 4.78 is 4.66. The zero-order valence-electron chi connectivity index (χ0n) is 37.7. The average Bonchev–Trinajstić information content (AvgIpc) is 3.95. The molecule has 0 unspecified atom stereocenters. The Bertz CT molecular complexity index is 3720. The van der Waals surface area contributed by atoms with Crippen LogP contribution >= 0.6 is 0 Å². The molecular weight excluding hydrogens is 853 g/mol. The van der Waals surface area contributed by atoms with E-state index < -0.39 is 8.07 Å². The van der Waals surface area contributed by atoms with Crippen molar-refractivity contribution in [2.24, 2.45) is 0 Å². The van der Waals surface area contributed by atoms with Crippen molar-refractivity contribution in [3.63, 3.8) is 0 Å². The number of nitrogens with zero attached hydrogens (tertiary/aromatic N) is 4. The van der Waals surface area contributed by atoms with Crippen molar-refractivity contribution >= 4 is 72.4 Å². The van der Waals surface area contributed by atoms with Gasteiger partial charge in [0.15, 0.2) is 13.9 Å². The lowest BCUT2D eigenvalue weighted by Crippen LogP contribution is -2.74. The largest absolute Gasteiger partial charge is 0.294 e. The third-order valence-electron chi connectivity index (χ3n) is 13.9. The van der Waals surface area contributed by atoms with E-state index in [1.165, 1.54) is 64.5 Å². The molecule has 0 aliphatic rings. The Morgan fingerprint density at radius 2 is 0.609 bits per heavy atom. The van der Waals surface area contributed by atoms with Crippen LogP contribution in [0.4, 0.5) is 0 Å². The Labute approximate surface area is 401 Å². The quantitative estimate of drug-likeness (QED) is 0.107. The highest BCUT2D eigenvalue weighted by atomic mass is 28.3. The summed E-state index contributed by atoms with van der Waals surface area (Å²) in [4.78, 5) is 11.3. The fourth-order valence-corrected chi connectivity index (χ4v) is 15.6. The molecule has 69 heavy (non-hydrogen) atoms. The summed E-state index contributed by atoms with van der Waals surface area (Å²) >= 11 is 0. The smallest absolute Gasteiger partial charge is 0.179 e. The molecule has 5 heteroatoms. The van der Waals surface area contributed by atoms with Crippen LogP contribution in [0.15, 0.2) is 267 Å². The molecule has 4 nitrogen and oxygen atoms in total. The number of para-hydroxylation sites is 2. The summed E-state index contributed by atoms with van der Waals surface area (Å²) in [7, 11) is -2.88. The Morgan fingerprint density at radius 3 is 1.06 bits per heavy atom. The third-order valence-corrected chi connectivity index (χ3v) is 18.7.